The molecule has 122 valence electrons. The van der Waals surface area contributed by atoms with Crippen molar-refractivity contribution < 1.29 is 17.9 Å². The summed E-state index contributed by atoms with van der Waals surface area (Å²) in [7, 11) is -3.47. The van der Waals surface area contributed by atoms with Gasteiger partial charge in [0.15, 0.2) is 0 Å². The summed E-state index contributed by atoms with van der Waals surface area (Å²) in [6.45, 7) is 6.36. The average molecular weight is 326 g/mol. The van der Waals surface area contributed by atoms with Crippen LogP contribution < -0.4 is 14.4 Å². The predicted octanol–water partition coefficient (Wildman–Crippen LogP) is 1.54. The average Bonchev–Trinajstić information content (AvgIpc) is 2.46. The van der Waals surface area contributed by atoms with E-state index in [-0.39, 0.29) is 18.9 Å². The minimum atomic E-state index is -3.47. The highest BCUT2D eigenvalue weighted by atomic mass is 32.2. The monoisotopic (exact) mass is 326 g/mol. The SMILES string of the molecule is C=CCNC(=O)CCN(c1ccc(OCC)cc1)S(C)(=O)=O. The van der Waals surface area contributed by atoms with Crippen molar-refractivity contribution in [1.29, 1.82) is 0 Å². The molecule has 1 aromatic rings. The van der Waals surface area contributed by atoms with Crippen LogP contribution in [0, 0.1) is 0 Å². The Morgan fingerprint density at radius 3 is 2.50 bits per heavy atom. The number of anilines is 1. The standard InChI is InChI=1S/C15H22N2O4S/c1-4-11-16-15(18)10-12-17(22(3,19)20)13-6-8-14(9-7-13)21-5-2/h4,6-9H,1,5,10-12H2,2-3H3,(H,16,18). The van der Waals surface area contributed by atoms with Gasteiger partial charge in [0.05, 0.1) is 18.6 Å². The van der Waals surface area contributed by atoms with Gasteiger partial charge >= 0.3 is 0 Å². The zero-order chi connectivity index (χ0) is 16.6. The minimum absolute atomic E-state index is 0.0775. The van der Waals surface area contributed by atoms with Crippen molar-refractivity contribution >= 4 is 21.6 Å². The number of carbonyl (C=O) groups excluding carboxylic acids is 1. The largest absolute Gasteiger partial charge is 0.494 e. The Hall–Kier alpha value is -2.02. The summed E-state index contributed by atoms with van der Waals surface area (Å²) >= 11 is 0. The number of nitrogens with one attached hydrogen (secondary N) is 1. The van der Waals surface area contributed by atoms with Crippen LogP contribution in [0.4, 0.5) is 5.69 Å². The van der Waals surface area contributed by atoms with Gasteiger partial charge in [-0.25, -0.2) is 8.42 Å². The second-order valence-corrected chi connectivity index (χ2v) is 6.51. The summed E-state index contributed by atoms with van der Waals surface area (Å²) < 4.78 is 30.4. The smallest absolute Gasteiger partial charge is 0.232 e. The van der Waals surface area contributed by atoms with E-state index < -0.39 is 10.0 Å². The fourth-order valence-corrected chi connectivity index (χ4v) is 2.77. The molecule has 0 radical (unpaired) electrons. The molecular weight excluding hydrogens is 304 g/mol. The number of nitrogens with zero attached hydrogens (tertiary/aromatic N) is 1. The van der Waals surface area contributed by atoms with Crippen molar-refractivity contribution in [3.05, 3.63) is 36.9 Å². The van der Waals surface area contributed by atoms with Gasteiger partial charge < -0.3 is 10.1 Å². The van der Waals surface area contributed by atoms with Crippen LogP contribution in [0.2, 0.25) is 0 Å². The van der Waals surface area contributed by atoms with Gasteiger partial charge in [0.2, 0.25) is 15.9 Å². The lowest BCUT2D eigenvalue weighted by Gasteiger charge is -2.22. The second kappa shape index (κ2) is 8.43. The summed E-state index contributed by atoms with van der Waals surface area (Å²) in [6.07, 6.45) is 2.76. The summed E-state index contributed by atoms with van der Waals surface area (Å²) in [4.78, 5) is 11.6. The molecule has 0 fully saturated rings. The topological polar surface area (TPSA) is 75.7 Å². The molecule has 22 heavy (non-hydrogen) atoms. The molecule has 0 bridgehead atoms. The molecule has 0 atom stereocenters. The van der Waals surface area contributed by atoms with Crippen molar-refractivity contribution in [1.82, 2.24) is 5.32 Å². The zero-order valence-corrected chi connectivity index (χ0v) is 13.7. The summed E-state index contributed by atoms with van der Waals surface area (Å²) in [5.41, 5.74) is 0.502. The molecule has 1 aromatic carbocycles. The molecular formula is C15H22N2O4S. The molecule has 1 rings (SSSR count). The summed E-state index contributed by atoms with van der Waals surface area (Å²) in [6, 6.07) is 6.73. The zero-order valence-electron chi connectivity index (χ0n) is 12.9. The first-order chi connectivity index (χ1) is 10.4. The molecule has 0 spiro atoms. The number of sulfonamides is 1. The van der Waals surface area contributed by atoms with E-state index in [0.717, 1.165) is 6.26 Å². The number of hydrogen-bond acceptors (Lipinski definition) is 4. The molecule has 0 aliphatic carbocycles. The molecule has 0 aliphatic heterocycles. The highest BCUT2D eigenvalue weighted by molar-refractivity contribution is 7.92. The Bertz CT molecular complexity index is 596. The normalized spacial score (nSPS) is 10.8. The van der Waals surface area contributed by atoms with Crippen LogP contribution in [0.5, 0.6) is 5.75 Å². The van der Waals surface area contributed by atoms with Crippen molar-refractivity contribution in [3.63, 3.8) is 0 Å². The van der Waals surface area contributed by atoms with E-state index in [1.165, 1.54) is 4.31 Å². The third kappa shape index (κ3) is 5.77. The molecule has 6 nitrogen and oxygen atoms in total. The van der Waals surface area contributed by atoms with Crippen LogP contribution in [0.3, 0.4) is 0 Å². The lowest BCUT2D eigenvalue weighted by atomic mass is 10.3. The van der Waals surface area contributed by atoms with E-state index in [4.69, 9.17) is 4.74 Å². The molecule has 0 aliphatic rings. The third-order valence-corrected chi connectivity index (χ3v) is 4.02. The van der Waals surface area contributed by atoms with Crippen LogP contribution in [0.25, 0.3) is 0 Å². The Labute approximate surface area is 131 Å². The number of hydrogen-bond donors (Lipinski definition) is 1. The van der Waals surface area contributed by atoms with E-state index >= 15 is 0 Å². The van der Waals surface area contributed by atoms with Crippen LogP contribution >= 0.6 is 0 Å². The van der Waals surface area contributed by atoms with Gasteiger partial charge in [-0.1, -0.05) is 6.08 Å². The van der Waals surface area contributed by atoms with Crippen molar-refractivity contribution in [2.45, 2.75) is 13.3 Å². The van der Waals surface area contributed by atoms with Gasteiger partial charge in [0.1, 0.15) is 5.75 Å². The summed E-state index contributed by atoms with van der Waals surface area (Å²) in [5, 5.41) is 2.62. The van der Waals surface area contributed by atoms with Gasteiger partial charge in [-0.3, -0.25) is 9.10 Å². The van der Waals surface area contributed by atoms with Crippen LogP contribution in [0.1, 0.15) is 13.3 Å². The molecule has 0 heterocycles. The van der Waals surface area contributed by atoms with Crippen LogP contribution in [-0.2, 0) is 14.8 Å². The van der Waals surface area contributed by atoms with Gasteiger partial charge in [0.25, 0.3) is 0 Å². The maximum atomic E-state index is 11.9. The van der Waals surface area contributed by atoms with Crippen molar-refractivity contribution in [2.75, 3.05) is 30.3 Å². The third-order valence-electron chi connectivity index (χ3n) is 2.82. The Kier molecular flexibility index (Phi) is 6.91. The first kappa shape index (κ1) is 18.0. The van der Waals surface area contributed by atoms with Gasteiger partial charge in [-0.2, -0.15) is 0 Å². The second-order valence-electron chi connectivity index (χ2n) is 4.60. The first-order valence-electron chi connectivity index (χ1n) is 6.96. The first-order valence-corrected chi connectivity index (χ1v) is 8.81. The molecule has 1 amide bonds. The highest BCUT2D eigenvalue weighted by Gasteiger charge is 2.18. The van der Waals surface area contributed by atoms with E-state index in [1.54, 1.807) is 30.3 Å². The van der Waals surface area contributed by atoms with E-state index in [2.05, 4.69) is 11.9 Å². The molecule has 7 heteroatoms. The Morgan fingerprint density at radius 2 is 2.00 bits per heavy atom. The molecule has 0 aromatic heterocycles. The van der Waals surface area contributed by atoms with Gasteiger partial charge in [-0.05, 0) is 31.2 Å². The predicted molar refractivity (Wildman–Crippen MR) is 87.6 cm³/mol. The van der Waals surface area contributed by atoms with E-state index in [1.807, 2.05) is 6.92 Å². The number of carbonyl (C=O) groups is 1. The number of amides is 1. The number of rotatable bonds is 9. The lowest BCUT2D eigenvalue weighted by Crippen LogP contribution is -2.34. The number of ether oxygens (including phenoxy) is 1. The Balaban J connectivity index is 2.81. The lowest BCUT2D eigenvalue weighted by molar-refractivity contribution is -0.120. The van der Waals surface area contributed by atoms with E-state index in [0.29, 0.717) is 24.6 Å². The maximum Gasteiger partial charge on any atom is 0.232 e. The molecule has 0 saturated heterocycles. The quantitative estimate of drug-likeness (QED) is 0.699. The van der Waals surface area contributed by atoms with Crippen molar-refractivity contribution in [2.24, 2.45) is 0 Å². The van der Waals surface area contributed by atoms with Gasteiger partial charge in [-0.15, -0.1) is 6.58 Å². The number of benzene rings is 1. The summed E-state index contributed by atoms with van der Waals surface area (Å²) in [5.74, 6) is 0.447. The van der Waals surface area contributed by atoms with Crippen LogP contribution in [-0.4, -0.2) is 40.3 Å². The van der Waals surface area contributed by atoms with Crippen molar-refractivity contribution in [3.8, 4) is 5.75 Å². The van der Waals surface area contributed by atoms with E-state index in [9.17, 15) is 13.2 Å². The minimum Gasteiger partial charge on any atom is -0.494 e. The fraction of sp³-hybridized carbons (Fsp3) is 0.400. The molecule has 1 N–H and O–H groups in total. The fourth-order valence-electron chi connectivity index (χ4n) is 1.84. The highest BCUT2D eigenvalue weighted by Crippen LogP contribution is 2.21. The molecule has 0 unspecified atom stereocenters. The maximum absolute atomic E-state index is 11.9. The van der Waals surface area contributed by atoms with Crippen LogP contribution in [0.15, 0.2) is 36.9 Å². The Morgan fingerprint density at radius 1 is 1.36 bits per heavy atom. The molecule has 0 saturated carbocycles. The van der Waals surface area contributed by atoms with Gasteiger partial charge in [0, 0.05) is 19.5 Å².